The molecule has 2 heterocycles. The smallest absolute Gasteiger partial charge is 0.305 e. The number of carboxylic acid groups (broad SMARTS) is 1. The van der Waals surface area contributed by atoms with Crippen LogP contribution in [0.25, 0.3) is 0 Å². The number of benzene rings is 1. The lowest BCUT2D eigenvalue weighted by Gasteiger charge is -2.29. The van der Waals surface area contributed by atoms with Crippen molar-refractivity contribution in [3.05, 3.63) is 48.0 Å². The molecule has 1 aliphatic heterocycles. The van der Waals surface area contributed by atoms with Crippen LogP contribution >= 0.6 is 0 Å². The SMILES string of the molecule is CC[C@H](C)[C@@H]1NC(=O)CNC(=O)[C@H](Cc2ccc(O)cc2)NC(=O)[C@H](CC(=O)O)NC(=O)[C@H]([C@@H](C)O)NC(=O)[C@H](Cc2cnc[nH]2)NC1=O. The number of carboxylic acids is 1. The lowest BCUT2D eigenvalue weighted by Crippen LogP contribution is -2.63. The van der Waals surface area contributed by atoms with Gasteiger partial charge in [-0.05, 0) is 30.5 Å². The first-order valence-electron chi connectivity index (χ1n) is 15.6. The number of phenols is 1. The summed E-state index contributed by atoms with van der Waals surface area (Å²) in [4.78, 5) is 98.7. The highest BCUT2D eigenvalue weighted by atomic mass is 16.4. The molecule has 2 aromatic rings. The molecule has 0 unspecified atom stereocenters. The summed E-state index contributed by atoms with van der Waals surface area (Å²) in [5, 5.41) is 44.2. The highest BCUT2D eigenvalue weighted by Crippen LogP contribution is 2.13. The Hall–Kier alpha value is -5.52. The number of aliphatic hydroxyl groups is 1. The van der Waals surface area contributed by atoms with Gasteiger partial charge in [-0.2, -0.15) is 0 Å². The Kier molecular flexibility index (Phi) is 13.6. The molecule has 1 aliphatic rings. The van der Waals surface area contributed by atoms with Crippen LogP contribution in [0.5, 0.6) is 5.75 Å². The number of phenolic OH excluding ortho intramolecular Hbond substituents is 1. The number of amides is 6. The fourth-order valence-corrected chi connectivity index (χ4v) is 4.96. The maximum atomic E-state index is 13.6. The number of carbonyl (C=O) groups is 7. The van der Waals surface area contributed by atoms with Gasteiger partial charge in [0.1, 0.15) is 36.0 Å². The molecule has 0 spiro atoms. The molecule has 0 saturated carbocycles. The van der Waals surface area contributed by atoms with Crippen molar-refractivity contribution in [3.63, 3.8) is 0 Å². The molecule has 1 aromatic carbocycles. The third-order valence-electron chi connectivity index (χ3n) is 7.93. The second-order valence-electron chi connectivity index (χ2n) is 11.8. The first-order chi connectivity index (χ1) is 23.2. The Balaban J connectivity index is 2.03. The van der Waals surface area contributed by atoms with E-state index in [-0.39, 0.29) is 18.6 Å². The van der Waals surface area contributed by atoms with Gasteiger partial charge in [0.25, 0.3) is 0 Å². The van der Waals surface area contributed by atoms with Crippen LogP contribution in [0.4, 0.5) is 0 Å². The summed E-state index contributed by atoms with van der Waals surface area (Å²) in [6.07, 6.45) is 0.372. The van der Waals surface area contributed by atoms with Crippen molar-refractivity contribution in [3.8, 4) is 5.75 Å². The molecule has 10 N–H and O–H groups in total. The van der Waals surface area contributed by atoms with Crippen molar-refractivity contribution in [2.75, 3.05) is 6.54 Å². The van der Waals surface area contributed by atoms with E-state index in [1.54, 1.807) is 13.8 Å². The predicted molar refractivity (Wildman–Crippen MR) is 170 cm³/mol. The molecule has 49 heavy (non-hydrogen) atoms. The lowest BCUT2D eigenvalue weighted by molar-refractivity contribution is -0.142. The van der Waals surface area contributed by atoms with Crippen molar-refractivity contribution in [1.29, 1.82) is 0 Å². The Labute approximate surface area is 281 Å². The molecule has 0 radical (unpaired) electrons. The van der Waals surface area contributed by atoms with Crippen LogP contribution in [-0.4, -0.2) is 110 Å². The van der Waals surface area contributed by atoms with E-state index < -0.39 is 96.6 Å². The highest BCUT2D eigenvalue weighted by Gasteiger charge is 2.36. The average Bonchev–Trinajstić information content (AvgIpc) is 3.56. The van der Waals surface area contributed by atoms with Gasteiger partial charge in [-0.1, -0.05) is 32.4 Å². The molecule has 3 rings (SSSR count). The fraction of sp³-hybridized carbons (Fsp3) is 0.484. The van der Waals surface area contributed by atoms with E-state index >= 15 is 0 Å². The van der Waals surface area contributed by atoms with Gasteiger partial charge in [-0.25, -0.2) is 4.98 Å². The van der Waals surface area contributed by atoms with E-state index in [9.17, 15) is 48.9 Å². The summed E-state index contributed by atoms with van der Waals surface area (Å²) in [5.74, 6) is -7.47. The van der Waals surface area contributed by atoms with E-state index in [1.807, 2.05) is 0 Å². The summed E-state index contributed by atoms with van der Waals surface area (Å²) in [6, 6.07) is -1.77. The van der Waals surface area contributed by atoms with Crippen LogP contribution < -0.4 is 31.9 Å². The maximum absolute atomic E-state index is 13.6. The van der Waals surface area contributed by atoms with Crippen LogP contribution in [0.3, 0.4) is 0 Å². The predicted octanol–water partition coefficient (Wildman–Crippen LogP) is -2.64. The minimum Gasteiger partial charge on any atom is -0.508 e. The van der Waals surface area contributed by atoms with E-state index in [4.69, 9.17) is 0 Å². The summed E-state index contributed by atoms with van der Waals surface area (Å²) in [7, 11) is 0. The van der Waals surface area contributed by atoms with Crippen molar-refractivity contribution >= 4 is 41.4 Å². The third kappa shape index (κ3) is 11.3. The number of nitrogens with zero attached hydrogens (tertiary/aromatic N) is 1. The number of aromatic hydroxyl groups is 1. The standard InChI is InChI=1S/C31H42N8O10/c1-4-15(2)25-30(48)36-21(10-18-12-32-14-34-18)29(47)39-26(16(3)40)31(49)37-22(11-24(43)44)28(46)35-20(27(45)33-13-23(42)38-25)9-17-5-7-19(41)8-6-17/h5-8,12,14-16,20-22,25-26,40-41H,4,9-11,13H2,1-3H3,(H,32,34)(H,33,45)(H,35,46)(H,36,48)(H,37,49)(H,38,42)(H,39,47)(H,43,44)/t15-,16+,20-,21-,22-,25-,26-/m0/s1. The van der Waals surface area contributed by atoms with Crippen LogP contribution in [0.2, 0.25) is 0 Å². The van der Waals surface area contributed by atoms with Crippen molar-refractivity contribution in [1.82, 2.24) is 41.9 Å². The highest BCUT2D eigenvalue weighted by molar-refractivity contribution is 5.98. The molecule has 18 nitrogen and oxygen atoms in total. The molecule has 266 valence electrons. The molecule has 1 aromatic heterocycles. The molecule has 1 fully saturated rings. The minimum absolute atomic E-state index is 0.0601. The van der Waals surface area contributed by atoms with E-state index in [2.05, 4.69) is 41.9 Å². The van der Waals surface area contributed by atoms with Crippen LogP contribution in [0, 0.1) is 5.92 Å². The Bertz CT molecular complexity index is 1500. The second kappa shape index (κ2) is 17.6. The number of nitrogens with one attached hydrogen (secondary N) is 7. The summed E-state index contributed by atoms with van der Waals surface area (Å²) < 4.78 is 0. The lowest BCUT2D eigenvalue weighted by atomic mass is 9.97. The summed E-state index contributed by atoms with van der Waals surface area (Å²) in [6.45, 7) is 4.04. The van der Waals surface area contributed by atoms with Crippen LogP contribution in [-0.2, 0) is 46.4 Å². The molecule has 6 amide bonds. The number of rotatable bonds is 9. The largest absolute Gasteiger partial charge is 0.508 e. The molecule has 18 heteroatoms. The van der Waals surface area contributed by atoms with Gasteiger partial charge >= 0.3 is 5.97 Å². The zero-order valence-electron chi connectivity index (χ0n) is 27.2. The third-order valence-corrected chi connectivity index (χ3v) is 7.93. The summed E-state index contributed by atoms with van der Waals surface area (Å²) in [5.41, 5.74) is 0.895. The Morgan fingerprint density at radius 2 is 1.41 bits per heavy atom. The molecular weight excluding hydrogens is 644 g/mol. The van der Waals surface area contributed by atoms with Crippen molar-refractivity contribution in [2.45, 2.75) is 82.8 Å². The van der Waals surface area contributed by atoms with Gasteiger partial charge in [0.05, 0.1) is 25.4 Å². The second-order valence-corrected chi connectivity index (χ2v) is 11.8. The van der Waals surface area contributed by atoms with Gasteiger partial charge in [0, 0.05) is 24.7 Å². The number of aliphatic hydroxyl groups excluding tert-OH is 1. The number of hydrogen-bond acceptors (Lipinski definition) is 10. The molecule has 1 saturated heterocycles. The van der Waals surface area contributed by atoms with Gasteiger partial charge in [0.15, 0.2) is 0 Å². The number of imidazole rings is 1. The van der Waals surface area contributed by atoms with Gasteiger partial charge in [0.2, 0.25) is 35.4 Å². The number of aromatic nitrogens is 2. The minimum atomic E-state index is -1.78. The number of aromatic amines is 1. The molecular formula is C31H42N8O10. The zero-order valence-corrected chi connectivity index (χ0v) is 27.2. The number of aliphatic carboxylic acids is 1. The van der Waals surface area contributed by atoms with Crippen LogP contribution in [0.15, 0.2) is 36.8 Å². The number of carbonyl (C=O) groups excluding carboxylic acids is 6. The van der Waals surface area contributed by atoms with Gasteiger partial charge in [-0.15, -0.1) is 0 Å². The van der Waals surface area contributed by atoms with E-state index in [0.717, 1.165) is 0 Å². The van der Waals surface area contributed by atoms with E-state index in [1.165, 1.54) is 43.7 Å². The molecule has 0 aliphatic carbocycles. The van der Waals surface area contributed by atoms with E-state index in [0.29, 0.717) is 17.7 Å². The Morgan fingerprint density at radius 3 is 2.00 bits per heavy atom. The monoisotopic (exact) mass is 686 g/mol. The normalized spacial score (nSPS) is 24.4. The topological polar surface area (TPSA) is 281 Å². The molecule has 7 atom stereocenters. The quantitative estimate of drug-likeness (QED) is 0.130. The average molecular weight is 687 g/mol. The Morgan fingerprint density at radius 1 is 0.816 bits per heavy atom. The maximum Gasteiger partial charge on any atom is 0.305 e. The molecule has 0 bridgehead atoms. The first-order valence-corrected chi connectivity index (χ1v) is 15.6. The zero-order chi connectivity index (χ0) is 36.2. The van der Waals surface area contributed by atoms with Gasteiger partial charge < -0.3 is 52.2 Å². The number of hydrogen-bond donors (Lipinski definition) is 10. The number of H-pyrrole nitrogens is 1. The van der Waals surface area contributed by atoms with Crippen molar-refractivity contribution in [2.24, 2.45) is 5.92 Å². The van der Waals surface area contributed by atoms with Crippen molar-refractivity contribution < 1.29 is 48.9 Å². The van der Waals surface area contributed by atoms with Gasteiger partial charge in [-0.3, -0.25) is 33.6 Å². The fourth-order valence-electron chi connectivity index (χ4n) is 4.96. The first kappa shape index (κ1) is 37.9. The van der Waals surface area contributed by atoms with Crippen LogP contribution in [0.1, 0.15) is 44.9 Å². The summed E-state index contributed by atoms with van der Waals surface area (Å²) >= 11 is 0.